The van der Waals surface area contributed by atoms with Crippen molar-refractivity contribution >= 4 is 0 Å². The molecule has 5 heteroatoms. The van der Waals surface area contributed by atoms with Gasteiger partial charge in [0.05, 0.1) is 20.3 Å². The van der Waals surface area contributed by atoms with E-state index in [2.05, 4.69) is 33.9 Å². The molecule has 2 heterocycles. The molecule has 0 saturated heterocycles. The van der Waals surface area contributed by atoms with Crippen molar-refractivity contribution in [2.24, 2.45) is 0 Å². The van der Waals surface area contributed by atoms with Crippen LogP contribution in [0.2, 0.25) is 0 Å². The Hall–Kier alpha value is -2.01. The Bertz CT molecular complexity index is 636. The van der Waals surface area contributed by atoms with E-state index in [1.807, 2.05) is 12.4 Å². The third kappa shape index (κ3) is 2.38. The molecule has 1 atom stereocenters. The van der Waals surface area contributed by atoms with Crippen molar-refractivity contribution in [2.75, 3.05) is 20.8 Å². The molecular weight excluding hydrogens is 266 g/mol. The van der Waals surface area contributed by atoms with Crippen LogP contribution in [0.4, 0.5) is 0 Å². The van der Waals surface area contributed by atoms with Gasteiger partial charge in [-0.05, 0) is 36.6 Å². The fourth-order valence-electron chi connectivity index (χ4n) is 2.96. The van der Waals surface area contributed by atoms with Crippen molar-refractivity contribution < 1.29 is 9.47 Å². The van der Waals surface area contributed by atoms with Crippen LogP contribution in [0.25, 0.3) is 0 Å². The number of rotatable bonds is 4. The van der Waals surface area contributed by atoms with E-state index in [9.17, 15) is 0 Å². The van der Waals surface area contributed by atoms with Gasteiger partial charge in [0.25, 0.3) is 0 Å². The Balaban J connectivity index is 2.09. The number of aryl methyl sites for hydroxylation is 1. The first kappa shape index (κ1) is 13.9. The van der Waals surface area contributed by atoms with E-state index in [0.29, 0.717) is 0 Å². The third-order valence-corrected chi connectivity index (χ3v) is 4.05. The van der Waals surface area contributed by atoms with E-state index >= 15 is 0 Å². The number of nitrogens with one attached hydrogen (secondary N) is 1. The van der Waals surface area contributed by atoms with Crippen LogP contribution < -0.4 is 14.8 Å². The monoisotopic (exact) mass is 287 g/mol. The summed E-state index contributed by atoms with van der Waals surface area (Å²) in [7, 11) is 3.34. The largest absolute Gasteiger partial charge is 0.493 e. The maximum atomic E-state index is 5.44. The van der Waals surface area contributed by atoms with Gasteiger partial charge in [-0.15, -0.1) is 0 Å². The second-order valence-electron chi connectivity index (χ2n) is 5.11. The first-order valence-corrected chi connectivity index (χ1v) is 7.27. The minimum atomic E-state index is 0.100. The van der Waals surface area contributed by atoms with Gasteiger partial charge in [0, 0.05) is 25.5 Å². The molecular formula is C16H21N3O2. The molecule has 5 nitrogen and oxygen atoms in total. The summed E-state index contributed by atoms with van der Waals surface area (Å²) in [6.07, 6.45) is 4.86. The number of nitrogens with zero attached hydrogens (tertiary/aromatic N) is 2. The SMILES string of the molecule is CCn1ccnc1C1NCCc2cc(OC)c(OC)cc21. The van der Waals surface area contributed by atoms with Crippen LogP contribution in [-0.4, -0.2) is 30.3 Å². The van der Waals surface area contributed by atoms with Crippen molar-refractivity contribution in [1.82, 2.24) is 14.9 Å². The Morgan fingerprint density at radius 1 is 1.29 bits per heavy atom. The molecule has 0 fully saturated rings. The minimum absolute atomic E-state index is 0.100. The molecule has 0 radical (unpaired) electrons. The van der Waals surface area contributed by atoms with E-state index in [1.165, 1.54) is 11.1 Å². The highest BCUT2D eigenvalue weighted by molar-refractivity contribution is 5.50. The summed E-state index contributed by atoms with van der Waals surface area (Å²) in [6, 6.07) is 4.25. The lowest BCUT2D eigenvalue weighted by atomic mass is 9.93. The van der Waals surface area contributed by atoms with E-state index in [1.54, 1.807) is 14.2 Å². The lowest BCUT2D eigenvalue weighted by molar-refractivity contribution is 0.352. The van der Waals surface area contributed by atoms with E-state index in [0.717, 1.165) is 36.8 Å². The van der Waals surface area contributed by atoms with E-state index in [4.69, 9.17) is 9.47 Å². The first-order chi connectivity index (χ1) is 10.3. The molecule has 1 N–H and O–H groups in total. The highest BCUT2D eigenvalue weighted by Crippen LogP contribution is 2.36. The van der Waals surface area contributed by atoms with Gasteiger partial charge in [0.1, 0.15) is 5.82 Å². The average molecular weight is 287 g/mol. The number of aromatic nitrogens is 2. The molecule has 1 aromatic heterocycles. The van der Waals surface area contributed by atoms with Gasteiger partial charge in [-0.3, -0.25) is 0 Å². The van der Waals surface area contributed by atoms with Crippen molar-refractivity contribution in [3.8, 4) is 11.5 Å². The predicted molar refractivity (Wildman–Crippen MR) is 81.0 cm³/mol. The highest BCUT2D eigenvalue weighted by atomic mass is 16.5. The lowest BCUT2D eigenvalue weighted by Crippen LogP contribution is -2.32. The molecule has 1 aromatic carbocycles. The van der Waals surface area contributed by atoms with Gasteiger partial charge in [0.15, 0.2) is 11.5 Å². The van der Waals surface area contributed by atoms with E-state index in [-0.39, 0.29) is 6.04 Å². The lowest BCUT2D eigenvalue weighted by Gasteiger charge is -2.28. The number of fused-ring (bicyclic) bond motifs is 1. The zero-order valence-corrected chi connectivity index (χ0v) is 12.7. The Morgan fingerprint density at radius 3 is 2.76 bits per heavy atom. The van der Waals surface area contributed by atoms with Crippen LogP contribution in [0.1, 0.15) is 29.9 Å². The summed E-state index contributed by atoms with van der Waals surface area (Å²) in [5.74, 6) is 2.60. The van der Waals surface area contributed by atoms with Gasteiger partial charge in [-0.2, -0.15) is 0 Å². The van der Waals surface area contributed by atoms with Crippen molar-refractivity contribution in [1.29, 1.82) is 0 Å². The zero-order valence-electron chi connectivity index (χ0n) is 12.7. The quantitative estimate of drug-likeness (QED) is 0.936. The minimum Gasteiger partial charge on any atom is -0.493 e. The van der Waals surface area contributed by atoms with Gasteiger partial charge in [-0.1, -0.05) is 0 Å². The van der Waals surface area contributed by atoms with Gasteiger partial charge in [0.2, 0.25) is 0 Å². The molecule has 3 rings (SSSR count). The normalized spacial score (nSPS) is 17.4. The molecule has 0 bridgehead atoms. The molecule has 0 amide bonds. The molecule has 0 saturated carbocycles. The number of benzene rings is 1. The van der Waals surface area contributed by atoms with Crippen molar-refractivity contribution in [3.05, 3.63) is 41.5 Å². The molecule has 21 heavy (non-hydrogen) atoms. The maximum Gasteiger partial charge on any atom is 0.161 e. The number of hydrogen-bond donors (Lipinski definition) is 1. The molecule has 112 valence electrons. The summed E-state index contributed by atoms with van der Waals surface area (Å²) >= 11 is 0. The summed E-state index contributed by atoms with van der Waals surface area (Å²) in [5, 5.41) is 3.56. The van der Waals surface area contributed by atoms with Crippen LogP contribution in [-0.2, 0) is 13.0 Å². The highest BCUT2D eigenvalue weighted by Gasteiger charge is 2.26. The Labute approximate surface area is 124 Å². The van der Waals surface area contributed by atoms with Crippen LogP contribution in [0.15, 0.2) is 24.5 Å². The molecule has 2 aromatic rings. The fraction of sp³-hybridized carbons (Fsp3) is 0.438. The van der Waals surface area contributed by atoms with Crippen LogP contribution in [0.5, 0.6) is 11.5 Å². The summed E-state index contributed by atoms with van der Waals surface area (Å²) in [6.45, 7) is 3.98. The van der Waals surface area contributed by atoms with Gasteiger partial charge >= 0.3 is 0 Å². The number of imidazole rings is 1. The van der Waals surface area contributed by atoms with Gasteiger partial charge < -0.3 is 19.4 Å². The van der Waals surface area contributed by atoms with Crippen molar-refractivity contribution in [3.63, 3.8) is 0 Å². The van der Waals surface area contributed by atoms with Crippen LogP contribution >= 0.6 is 0 Å². The van der Waals surface area contributed by atoms with Crippen molar-refractivity contribution in [2.45, 2.75) is 25.9 Å². The second kappa shape index (κ2) is 5.77. The maximum absolute atomic E-state index is 5.44. The smallest absolute Gasteiger partial charge is 0.161 e. The molecule has 0 spiro atoms. The third-order valence-electron chi connectivity index (χ3n) is 4.05. The number of methoxy groups -OCH3 is 2. The number of ether oxygens (including phenoxy) is 2. The molecule has 1 unspecified atom stereocenters. The molecule has 1 aliphatic heterocycles. The average Bonchev–Trinajstić information content (AvgIpc) is 3.01. The zero-order chi connectivity index (χ0) is 14.8. The summed E-state index contributed by atoms with van der Waals surface area (Å²) in [4.78, 5) is 4.54. The molecule has 0 aliphatic carbocycles. The Kier molecular flexibility index (Phi) is 3.84. The molecule has 1 aliphatic rings. The van der Waals surface area contributed by atoms with Gasteiger partial charge in [-0.25, -0.2) is 4.98 Å². The van der Waals surface area contributed by atoms with Crippen LogP contribution in [0.3, 0.4) is 0 Å². The standard InChI is InChI=1S/C16H21N3O2/c1-4-19-8-7-18-16(19)15-12-10-14(21-3)13(20-2)9-11(12)5-6-17-15/h7-10,15,17H,4-6H2,1-3H3. The summed E-state index contributed by atoms with van der Waals surface area (Å²) < 4.78 is 13.0. The Morgan fingerprint density at radius 2 is 2.05 bits per heavy atom. The summed E-state index contributed by atoms with van der Waals surface area (Å²) in [5.41, 5.74) is 2.52. The number of hydrogen-bond acceptors (Lipinski definition) is 4. The predicted octanol–water partition coefficient (Wildman–Crippen LogP) is 2.16. The van der Waals surface area contributed by atoms with Crippen LogP contribution in [0, 0.1) is 0 Å². The fourth-order valence-corrected chi connectivity index (χ4v) is 2.96. The van der Waals surface area contributed by atoms with E-state index < -0.39 is 0 Å². The second-order valence-corrected chi connectivity index (χ2v) is 5.11. The topological polar surface area (TPSA) is 48.3 Å². The first-order valence-electron chi connectivity index (χ1n) is 7.27.